The molecular weight excluding hydrogens is 280 g/mol. The van der Waals surface area contributed by atoms with Crippen LogP contribution in [0.2, 0.25) is 0 Å². The number of aliphatic carboxylic acids is 1. The van der Waals surface area contributed by atoms with E-state index in [1.807, 2.05) is 18.7 Å². The Morgan fingerprint density at radius 2 is 2.05 bits per heavy atom. The number of amides is 2. The Hall–Kier alpha value is -0.950. The zero-order valence-electron chi connectivity index (χ0n) is 12.2. The highest BCUT2D eigenvalue weighted by molar-refractivity contribution is 7.98. The predicted molar refractivity (Wildman–Crippen MR) is 79.2 cm³/mol. The number of carboxylic acids is 1. The summed E-state index contributed by atoms with van der Waals surface area (Å²) in [7, 11) is 0. The summed E-state index contributed by atoms with van der Waals surface area (Å²) in [6.45, 7) is 3.08. The Balaban J connectivity index is 2.07. The molecule has 0 aliphatic carbocycles. The van der Waals surface area contributed by atoms with Gasteiger partial charge in [0.1, 0.15) is 12.2 Å². The Morgan fingerprint density at radius 1 is 1.35 bits per heavy atom. The number of nitrogens with zero attached hydrogens (tertiary/aromatic N) is 1. The number of urea groups is 1. The number of rotatable bonds is 9. The Labute approximate surface area is 124 Å². The molecule has 0 aromatic rings. The molecule has 6 nitrogen and oxygen atoms in total. The number of thioether (sulfide) groups is 1. The number of carboxylic acid groups (broad SMARTS) is 1. The summed E-state index contributed by atoms with van der Waals surface area (Å²) in [5.41, 5.74) is -0.520. The molecule has 1 heterocycles. The van der Waals surface area contributed by atoms with Crippen molar-refractivity contribution in [1.29, 1.82) is 0 Å². The molecule has 2 N–H and O–H groups in total. The van der Waals surface area contributed by atoms with Gasteiger partial charge in [-0.25, -0.2) is 9.59 Å². The van der Waals surface area contributed by atoms with Gasteiger partial charge in [-0.2, -0.15) is 11.8 Å². The van der Waals surface area contributed by atoms with Crippen LogP contribution in [0.3, 0.4) is 0 Å². The average Bonchev–Trinajstić information content (AvgIpc) is 2.37. The van der Waals surface area contributed by atoms with Crippen molar-refractivity contribution in [2.45, 2.75) is 31.8 Å². The van der Waals surface area contributed by atoms with E-state index < -0.39 is 11.6 Å². The maximum Gasteiger partial charge on any atom is 0.329 e. The van der Waals surface area contributed by atoms with E-state index in [-0.39, 0.29) is 12.6 Å². The first-order valence-corrected chi connectivity index (χ1v) is 8.24. The fourth-order valence-corrected chi connectivity index (χ4v) is 2.58. The summed E-state index contributed by atoms with van der Waals surface area (Å²) in [4.78, 5) is 23.9. The summed E-state index contributed by atoms with van der Waals surface area (Å²) < 4.78 is 5.25. The predicted octanol–water partition coefficient (Wildman–Crippen LogP) is 1.40. The van der Waals surface area contributed by atoms with Crippen molar-refractivity contribution in [3.8, 4) is 0 Å². The van der Waals surface area contributed by atoms with Crippen molar-refractivity contribution < 1.29 is 19.4 Å². The summed E-state index contributed by atoms with van der Waals surface area (Å²) >= 11 is 1.84. The molecule has 1 rings (SSSR count). The lowest BCUT2D eigenvalue weighted by Crippen LogP contribution is -2.65. The molecule has 1 aliphatic heterocycles. The number of hydrogen-bond acceptors (Lipinski definition) is 4. The van der Waals surface area contributed by atoms with Gasteiger partial charge in [0.05, 0.1) is 13.1 Å². The summed E-state index contributed by atoms with van der Waals surface area (Å²) in [5.74, 6) is 0.179. The van der Waals surface area contributed by atoms with Gasteiger partial charge in [0.15, 0.2) is 0 Å². The highest BCUT2D eigenvalue weighted by atomic mass is 32.2. The average molecular weight is 304 g/mol. The van der Waals surface area contributed by atoms with Crippen molar-refractivity contribution in [3.63, 3.8) is 0 Å². The van der Waals surface area contributed by atoms with Crippen LogP contribution in [0.1, 0.15) is 26.2 Å². The van der Waals surface area contributed by atoms with Crippen molar-refractivity contribution in [1.82, 2.24) is 10.2 Å². The van der Waals surface area contributed by atoms with E-state index in [1.165, 1.54) is 12.2 Å². The number of likely N-dealkylation sites (tertiary alicyclic amines) is 1. The first-order chi connectivity index (χ1) is 9.47. The number of carbonyl (C=O) groups is 2. The summed E-state index contributed by atoms with van der Waals surface area (Å²) in [6, 6.07) is -0.0914. The molecule has 1 saturated heterocycles. The molecule has 0 atom stereocenters. The van der Waals surface area contributed by atoms with Gasteiger partial charge < -0.3 is 20.1 Å². The van der Waals surface area contributed by atoms with Crippen molar-refractivity contribution in [2.75, 3.05) is 38.2 Å². The second-order valence-corrected chi connectivity index (χ2v) is 6.26. The van der Waals surface area contributed by atoms with E-state index in [4.69, 9.17) is 9.84 Å². The maximum atomic E-state index is 11.8. The third kappa shape index (κ3) is 6.00. The standard InChI is InChI=1S/C13H24N2O4S/c1-13(19-8-11(16)17)9-15(10-13)12(18)14-6-4-3-5-7-20-2/h3-10H2,1-2H3,(H,14,18)(H,16,17). The van der Waals surface area contributed by atoms with Gasteiger partial charge in [-0.15, -0.1) is 0 Å². The van der Waals surface area contributed by atoms with E-state index in [0.29, 0.717) is 19.6 Å². The van der Waals surface area contributed by atoms with Gasteiger partial charge in [-0.05, 0) is 31.8 Å². The van der Waals surface area contributed by atoms with Crippen LogP contribution in [-0.4, -0.2) is 65.9 Å². The maximum absolute atomic E-state index is 11.8. The smallest absolute Gasteiger partial charge is 0.329 e. The first-order valence-electron chi connectivity index (χ1n) is 6.84. The van der Waals surface area contributed by atoms with Gasteiger partial charge in [0.2, 0.25) is 0 Å². The van der Waals surface area contributed by atoms with E-state index >= 15 is 0 Å². The van der Waals surface area contributed by atoms with Crippen LogP contribution in [-0.2, 0) is 9.53 Å². The monoisotopic (exact) mass is 304 g/mol. The second-order valence-electron chi connectivity index (χ2n) is 5.27. The molecule has 2 amide bonds. The van der Waals surface area contributed by atoms with Gasteiger partial charge in [-0.3, -0.25) is 0 Å². The number of ether oxygens (including phenoxy) is 1. The van der Waals surface area contributed by atoms with Crippen LogP contribution in [0.15, 0.2) is 0 Å². The highest BCUT2D eigenvalue weighted by Crippen LogP contribution is 2.24. The topological polar surface area (TPSA) is 78.9 Å². The number of nitrogens with one attached hydrogen (secondary N) is 1. The third-order valence-electron chi connectivity index (χ3n) is 3.18. The lowest BCUT2D eigenvalue weighted by molar-refractivity contribution is -0.159. The largest absolute Gasteiger partial charge is 0.480 e. The van der Waals surface area contributed by atoms with Crippen molar-refractivity contribution in [2.24, 2.45) is 0 Å². The second kappa shape index (κ2) is 8.36. The van der Waals surface area contributed by atoms with Gasteiger partial charge in [-0.1, -0.05) is 6.42 Å². The highest BCUT2D eigenvalue weighted by Gasteiger charge is 2.42. The molecule has 0 spiro atoms. The van der Waals surface area contributed by atoms with Crippen LogP contribution in [0.25, 0.3) is 0 Å². The fraction of sp³-hybridized carbons (Fsp3) is 0.846. The minimum Gasteiger partial charge on any atom is -0.480 e. The molecule has 116 valence electrons. The summed E-state index contributed by atoms with van der Waals surface area (Å²) in [5, 5.41) is 11.4. The van der Waals surface area contributed by atoms with Crippen LogP contribution in [0, 0.1) is 0 Å². The molecule has 1 fully saturated rings. The molecule has 0 unspecified atom stereocenters. The van der Waals surface area contributed by atoms with Crippen molar-refractivity contribution >= 4 is 23.8 Å². The van der Waals surface area contributed by atoms with E-state index in [2.05, 4.69) is 11.6 Å². The Bertz CT molecular complexity index is 332. The lowest BCUT2D eigenvalue weighted by atomic mass is 9.97. The molecule has 7 heteroatoms. The third-order valence-corrected chi connectivity index (χ3v) is 3.88. The lowest BCUT2D eigenvalue weighted by Gasteiger charge is -2.46. The van der Waals surface area contributed by atoms with Gasteiger partial charge >= 0.3 is 12.0 Å². The molecule has 20 heavy (non-hydrogen) atoms. The summed E-state index contributed by atoms with van der Waals surface area (Å²) in [6.07, 6.45) is 5.39. The number of carbonyl (C=O) groups excluding carboxylic acids is 1. The molecule has 0 aromatic heterocycles. The van der Waals surface area contributed by atoms with E-state index in [1.54, 1.807) is 4.90 Å². The normalized spacial score (nSPS) is 16.6. The quantitative estimate of drug-likeness (QED) is 0.630. The number of hydrogen-bond donors (Lipinski definition) is 2. The molecule has 0 aromatic carbocycles. The molecule has 0 radical (unpaired) electrons. The van der Waals surface area contributed by atoms with E-state index in [9.17, 15) is 9.59 Å². The molecule has 0 saturated carbocycles. The zero-order chi connectivity index (χ0) is 15.0. The van der Waals surface area contributed by atoms with E-state index in [0.717, 1.165) is 12.8 Å². The fourth-order valence-electron chi connectivity index (χ4n) is 2.09. The van der Waals surface area contributed by atoms with Gasteiger partial charge in [0.25, 0.3) is 0 Å². The minimum absolute atomic E-state index is 0.0914. The molecule has 1 aliphatic rings. The number of unbranched alkanes of at least 4 members (excludes halogenated alkanes) is 2. The van der Waals surface area contributed by atoms with Crippen molar-refractivity contribution in [3.05, 3.63) is 0 Å². The molecule has 0 bridgehead atoms. The van der Waals surface area contributed by atoms with Crippen LogP contribution in [0.5, 0.6) is 0 Å². The minimum atomic E-state index is -0.987. The SMILES string of the molecule is CSCCCCCNC(=O)N1CC(C)(OCC(=O)O)C1. The Morgan fingerprint density at radius 3 is 2.65 bits per heavy atom. The first kappa shape index (κ1) is 17.1. The zero-order valence-corrected chi connectivity index (χ0v) is 13.0. The van der Waals surface area contributed by atoms with Crippen LogP contribution < -0.4 is 5.32 Å². The van der Waals surface area contributed by atoms with Crippen LogP contribution in [0.4, 0.5) is 4.79 Å². The van der Waals surface area contributed by atoms with Crippen LogP contribution >= 0.6 is 11.8 Å². The van der Waals surface area contributed by atoms with Gasteiger partial charge in [0, 0.05) is 6.54 Å². The Kier molecular flexibility index (Phi) is 7.15. The molecular formula is C13H24N2O4S.